The van der Waals surface area contributed by atoms with Gasteiger partial charge in [0.1, 0.15) is 5.82 Å². The van der Waals surface area contributed by atoms with Gasteiger partial charge < -0.3 is 10.1 Å². The molecule has 0 aromatic heterocycles. The van der Waals surface area contributed by atoms with Crippen LogP contribution in [-0.2, 0) is 16.1 Å². The standard InChI is InChI=1S/C18H19FN2O3/c1-21(11-13-4-3-5-14(10-13)18(23)24-2)12-17(22)20-16-8-6-15(19)7-9-16/h3-10H,11-12H2,1-2H3,(H,20,22). The Morgan fingerprint density at radius 3 is 2.54 bits per heavy atom. The van der Waals surface area contributed by atoms with Crippen LogP contribution in [0.5, 0.6) is 0 Å². The van der Waals surface area contributed by atoms with E-state index in [9.17, 15) is 14.0 Å². The number of nitrogens with one attached hydrogen (secondary N) is 1. The molecule has 2 aromatic rings. The van der Waals surface area contributed by atoms with Crippen molar-refractivity contribution in [1.29, 1.82) is 0 Å². The highest BCUT2D eigenvalue weighted by molar-refractivity contribution is 5.92. The molecule has 0 fully saturated rings. The van der Waals surface area contributed by atoms with Crippen molar-refractivity contribution >= 4 is 17.6 Å². The quantitative estimate of drug-likeness (QED) is 0.828. The maximum atomic E-state index is 12.8. The minimum Gasteiger partial charge on any atom is -0.465 e. The summed E-state index contributed by atoms with van der Waals surface area (Å²) in [6.07, 6.45) is 0. The second-order valence-corrected chi connectivity index (χ2v) is 5.42. The van der Waals surface area contributed by atoms with Gasteiger partial charge in [-0.3, -0.25) is 9.69 Å². The smallest absolute Gasteiger partial charge is 0.337 e. The maximum Gasteiger partial charge on any atom is 0.337 e. The third-order valence-electron chi connectivity index (χ3n) is 3.34. The van der Waals surface area contributed by atoms with E-state index in [0.717, 1.165) is 5.56 Å². The molecule has 5 nitrogen and oxygen atoms in total. The van der Waals surface area contributed by atoms with E-state index in [4.69, 9.17) is 4.74 Å². The van der Waals surface area contributed by atoms with Crippen LogP contribution in [0.25, 0.3) is 0 Å². The third-order valence-corrected chi connectivity index (χ3v) is 3.34. The number of anilines is 1. The number of rotatable bonds is 6. The fourth-order valence-electron chi connectivity index (χ4n) is 2.26. The Morgan fingerprint density at radius 2 is 1.88 bits per heavy atom. The summed E-state index contributed by atoms with van der Waals surface area (Å²) < 4.78 is 17.5. The van der Waals surface area contributed by atoms with Crippen molar-refractivity contribution in [1.82, 2.24) is 4.90 Å². The number of ether oxygens (including phenoxy) is 1. The first-order valence-electron chi connectivity index (χ1n) is 7.39. The van der Waals surface area contributed by atoms with Gasteiger partial charge in [0, 0.05) is 12.2 Å². The molecule has 0 saturated heterocycles. The number of amides is 1. The molecule has 1 amide bonds. The van der Waals surface area contributed by atoms with Crippen molar-refractivity contribution in [2.45, 2.75) is 6.54 Å². The largest absolute Gasteiger partial charge is 0.465 e. The molecule has 0 atom stereocenters. The first kappa shape index (κ1) is 17.6. The molecule has 24 heavy (non-hydrogen) atoms. The molecule has 0 bridgehead atoms. The number of nitrogens with zero attached hydrogens (tertiary/aromatic N) is 1. The summed E-state index contributed by atoms with van der Waals surface area (Å²) in [6.45, 7) is 0.668. The molecule has 0 saturated carbocycles. The average molecular weight is 330 g/mol. The van der Waals surface area contributed by atoms with Crippen LogP contribution in [0.4, 0.5) is 10.1 Å². The molecular weight excluding hydrogens is 311 g/mol. The summed E-state index contributed by atoms with van der Waals surface area (Å²) >= 11 is 0. The van der Waals surface area contributed by atoms with Crippen molar-refractivity contribution in [2.75, 3.05) is 26.0 Å². The van der Waals surface area contributed by atoms with E-state index in [1.165, 1.54) is 31.4 Å². The molecule has 2 rings (SSSR count). The van der Waals surface area contributed by atoms with Gasteiger partial charge in [-0.25, -0.2) is 9.18 Å². The highest BCUT2D eigenvalue weighted by Crippen LogP contribution is 2.10. The Morgan fingerprint density at radius 1 is 1.17 bits per heavy atom. The summed E-state index contributed by atoms with van der Waals surface area (Å²) in [6, 6.07) is 12.7. The number of hydrogen-bond acceptors (Lipinski definition) is 4. The summed E-state index contributed by atoms with van der Waals surface area (Å²) in [5, 5.41) is 2.70. The number of methoxy groups -OCH3 is 1. The molecule has 0 aliphatic carbocycles. The Balaban J connectivity index is 1.90. The third kappa shape index (κ3) is 5.17. The van der Waals surface area contributed by atoms with Gasteiger partial charge >= 0.3 is 5.97 Å². The highest BCUT2D eigenvalue weighted by Gasteiger charge is 2.10. The fourth-order valence-corrected chi connectivity index (χ4v) is 2.26. The second-order valence-electron chi connectivity index (χ2n) is 5.42. The zero-order valence-corrected chi connectivity index (χ0v) is 13.6. The zero-order valence-electron chi connectivity index (χ0n) is 13.6. The van der Waals surface area contributed by atoms with Crippen LogP contribution in [0.15, 0.2) is 48.5 Å². The number of likely N-dealkylation sites (N-methyl/N-ethyl adjacent to an activating group) is 1. The van der Waals surface area contributed by atoms with Gasteiger partial charge in [0.15, 0.2) is 0 Å². The van der Waals surface area contributed by atoms with Gasteiger partial charge in [0.25, 0.3) is 0 Å². The molecule has 0 radical (unpaired) electrons. The molecule has 0 unspecified atom stereocenters. The van der Waals surface area contributed by atoms with E-state index in [2.05, 4.69) is 5.32 Å². The van der Waals surface area contributed by atoms with Crippen LogP contribution < -0.4 is 5.32 Å². The van der Waals surface area contributed by atoms with Crippen molar-refractivity contribution in [3.05, 3.63) is 65.5 Å². The van der Waals surface area contributed by atoms with E-state index >= 15 is 0 Å². The van der Waals surface area contributed by atoms with Gasteiger partial charge in [0.05, 0.1) is 19.2 Å². The maximum absolute atomic E-state index is 12.8. The van der Waals surface area contributed by atoms with Gasteiger partial charge in [0.2, 0.25) is 5.91 Å². The number of halogens is 1. The fraction of sp³-hybridized carbons (Fsp3) is 0.222. The molecule has 0 aliphatic heterocycles. The van der Waals surface area contributed by atoms with E-state index < -0.39 is 5.97 Å². The first-order chi connectivity index (χ1) is 11.5. The van der Waals surface area contributed by atoms with Crippen molar-refractivity contribution in [2.24, 2.45) is 0 Å². The summed E-state index contributed by atoms with van der Waals surface area (Å²) in [7, 11) is 3.13. The van der Waals surface area contributed by atoms with Crippen molar-refractivity contribution in [3.8, 4) is 0 Å². The topological polar surface area (TPSA) is 58.6 Å². The molecule has 0 heterocycles. The van der Waals surface area contributed by atoms with Crippen LogP contribution in [0.3, 0.4) is 0 Å². The average Bonchev–Trinajstić information content (AvgIpc) is 2.56. The zero-order chi connectivity index (χ0) is 17.5. The van der Waals surface area contributed by atoms with Crippen LogP contribution in [0.2, 0.25) is 0 Å². The lowest BCUT2D eigenvalue weighted by Gasteiger charge is -2.16. The van der Waals surface area contributed by atoms with Crippen molar-refractivity contribution < 1.29 is 18.7 Å². The number of carbonyl (C=O) groups is 2. The van der Waals surface area contributed by atoms with Crippen molar-refractivity contribution in [3.63, 3.8) is 0 Å². The number of hydrogen-bond donors (Lipinski definition) is 1. The minimum atomic E-state index is -0.395. The predicted molar refractivity (Wildman–Crippen MR) is 89.1 cm³/mol. The van der Waals surface area contributed by atoms with E-state index in [0.29, 0.717) is 17.8 Å². The number of carbonyl (C=O) groups excluding carboxylic acids is 2. The first-order valence-corrected chi connectivity index (χ1v) is 7.39. The highest BCUT2D eigenvalue weighted by atomic mass is 19.1. The number of esters is 1. The monoisotopic (exact) mass is 330 g/mol. The Labute approximate surface area is 140 Å². The lowest BCUT2D eigenvalue weighted by atomic mass is 10.1. The molecule has 1 N–H and O–H groups in total. The predicted octanol–water partition coefficient (Wildman–Crippen LogP) is 2.68. The van der Waals surface area contributed by atoms with E-state index in [1.54, 1.807) is 25.2 Å². The van der Waals surface area contributed by atoms with E-state index in [-0.39, 0.29) is 18.3 Å². The summed E-state index contributed by atoms with van der Waals surface area (Å²) in [4.78, 5) is 25.3. The summed E-state index contributed by atoms with van der Waals surface area (Å²) in [5.74, 6) is -0.947. The molecule has 126 valence electrons. The van der Waals surface area contributed by atoms with Crippen LogP contribution in [0.1, 0.15) is 15.9 Å². The molecule has 0 aliphatic rings. The van der Waals surface area contributed by atoms with Gasteiger partial charge in [-0.1, -0.05) is 12.1 Å². The normalized spacial score (nSPS) is 10.5. The Kier molecular flexibility index (Phi) is 6.03. The van der Waals surface area contributed by atoms with Crippen LogP contribution in [-0.4, -0.2) is 37.5 Å². The number of benzene rings is 2. The molecule has 2 aromatic carbocycles. The van der Waals surface area contributed by atoms with E-state index in [1.807, 2.05) is 11.0 Å². The lowest BCUT2D eigenvalue weighted by Crippen LogP contribution is -2.29. The molecule has 0 spiro atoms. The van der Waals surface area contributed by atoms with Gasteiger partial charge in [-0.15, -0.1) is 0 Å². The SMILES string of the molecule is COC(=O)c1cccc(CN(C)CC(=O)Nc2ccc(F)cc2)c1. The molecule has 6 heteroatoms. The second kappa shape index (κ2) is 8.21. The van der Waals surface area contributed by atoms with Gasteiger partial charge in [-0.2, -0.15) is 0 Å². The minimum absolute atomic E-state index is 0.166. The van der Waals surface area contributed by atoms with Crippen LogP contribution >= 0.6 is 0 Å². The van der Waals surface area contributed by atoms with Gasteiger partial charge in [-0.05, 0) is 49.0 Å². The summed E-state index contributed by atoms with van der Waals surface area (Å²) in [5.41, 5.74) is 1.91. The van der Waals surface area contributed by atoms with Crippen LogP contribution in [0, 0.1) is 5.82 Å². The molecular formula is C18H19FN2O3. The Hall–Kier alpha value is -2.73. The lowest BCUT2D eigenvalue weighted by molar-refractivity contribution is -0.117. The Bertz CT molecular complexity index is 716.